The Bertz CT molecular complexity index is 204. The summed E-state index contributed by atoms with van der Waals surface area (Å²) in [5, 5.41) is 8.81. The van der Waals surface area contributed by atoms with Crippen molar-refractivity contribution < 1.29 is 14.3 Å². The lowest BCUT2D eigenvalue weighted by Crippen LogP contribution is -2.27. The second-order valence-corrected chi connectivity index (χ2v) is 4.28. The zero-order valence-corrected chi connectivity index (χ0v) is 12.3. The molecule has 3 N–H and O–H groups in total. The second-order valence-electron chi connectivity index (χ2n) is 4.28. The smallest absolute Gasteiger partial charge is 0.220 e. The molecule has 0 fully saturated rings. The Morgan fingerprint density at radius 1 is 0.895 bits per heavy atom. The van der Waals surface area contributed by atoms with Crippen molar-refractivity contribution in [1.82, 2.24) is 16.0 Å². The fraction of sp³-hybridized carbons (Fsp3) is 0.923. The van der Waals surface area contributed by atoms with Crippen LogP contribution in [0, 0.1) is 0 Å². The van der Waals surface area contributed by atoms with Gasteiger partial charge in [-0.2, -0.15) is 0 Å². The second kappa shape index (κ2) is 15.4. The molecule has 0 atom stereocenters. The molecule has 0 aromatic carbocycles. The molecule has 6 nitrogen and oxygen atoms in total. The third kappa shape index (κ3) is 15.3. The molecule has 0 radical (unpaired) electrons. The third-order valence-corrected chi connectivity index (χ3v) is 2.52. The lowest BCUT2D eigenvalue weighted by molar-refractivity contribution is -0.121. The van der Waals surface area contributed by atoms with Crippen LogP contribution in [0.5, 0.6) is 0 Å². The molecule has 0 rings (SSSR count). The monoisotopic (exact) mass is 275 g/mol. The van der Waals surface area contributed by atoms with Crippen LogP contribution in [-0.4, -0.2) is 59.6 Å². The number of nitrogens with one attached hydrogen (secondary N) is 3. The van der Waals surface area contributed by atoms with Gasteiger partial charge in [-0.05, 0) is 33.5 Å². The van der Waals surface area contributed by atoms with Crippen LogP contribution in [0.2, 0.25) is 0 Å². The minimum atomic E-state index is 0.111. The van der Waals surface area contributed by atoms with Crippen molar-refractivity contribution in [3.05, 3.63) is 0 Å². The van der Waals surface area contributed by atoms with Crippen molar-refractivity contribution in [1.29, 1.82) is 0 Å². The van der Waals surface area contributed by atoms with Gasteiger partial charge in [-0.15, -0.1) is 0 Å². The molecule has 1 amide bonds. The average molecular weight is 275 g/mol. The highest BCUT2D eigenvalue weighted by molar-refractivity contribution is 5.75. The van der Waals surface area contributed by atoms with Crippen LogP contribution in [0.1, 0.15) is 25.7 Å². The molecule has 0 spiro atoms. The Morgan fingerprint density at radius 2 is 1.68 bits per heavy atom. The Balaban J connectivity index is 3.12. The maximum Gasteiger partial charge on any atom is 0.220 e. The number of hydrogen-bond acceptors (Lipinski definition) is 5. The number of rotatable bonds is 14. The van der Waals surface area contributed by atoms with E-state index in [2.05, 4.69) is 16.0 Å². The zero-order chi connectivity index (χ0) is 14.2. The van der Waals surface area contributed by atoms with Gasteiger partial charge in [-0.1, -0.05) is 6.42 Å². The fourth-order valence-corrected chi connectivity index (χ4v) is 1.51. The quantitative estimate of drug-likeness (QED) is 0.310. The number of amides is 1. The zero-order valence-electron chi connectivity index (χ0n) is 12.3. The SMILES string of the molecule is CNCCCCCC(=O)NCCOCCOCNC. The molecular formula is C13H29N3O3. The molecule has 0 aliphatic heterocycles. The molecule has 114 valence electrons. The summed E-state index contributed by atoms with van der Waals surface area (Å²) in [6.07, 6.45) is 3.77. The van der Waals surface area contributed by atoms with E-state index in [1.54, 1.807) is 0 Å². The van der Waals surface area contributed by atoms with E-state index in [1.165, 1.54) is 0 Å². The standard InChI is InChI=1S/C13H29N3O3/c1-14-7-5-3-4-6-13(17)16-8-9-18-10-11-19-12-15-2/h14-15H,3-12H2,1-2H3,(H,16,17). The van der Waals surface area contributed by atoms with Crippen LogP contribution in [0.4, 0.5) is 0 Å². The van der Waals surface area contributed by atoms with E-state index >= 15 is 0 Å². The minimum Gasteiger partial charge on any atom is -0.377 e. The molecule has 0 saturated heterocycles. The van der Waals surface area contributed by atoms with Gasteiger partial charge >= 0.3 is 0 Å². The van der Waals surface area contributed by atoms with E-state index in [-0.39, 0.29) is 5.91 Å². The maximum absolute atomic E-state index is 11.4. The summed E-state index contributed by atoms with van der Waals surface area (Å²) in [5.74, 6) is 0.111. The molecule has 0 aromatic heterocycles. The van der Waals surface area contributed by atoms with Gasteiger partial charge in [0.2, 0.25) is 5.91 Å². The average Bonchev–Trinajstić information content (AvgIpc) is 2.41. The molecule has 0 bridgehead atoms. The van der Waals surface area contributed by atoms with E-state index in [0.717, 1.165) is 25.8 Å². The number of carbonyl (C=O) groups is 1. The molecule has 0 aliphatic rings. The first-order chi connectivity index (χ1) is 9.31. The van der Waals surface area contributed by atoms with Crippen LogP contribution < -0.4 is 16.0 Å². The predicted octanol–water partition coefficient (Wildman–Crippen LogP) is 0.0925. The van der Waals surface area contributed by atoms with Gasteiger partial charge in [0.05, 0.1) is 26.6 Å². The summed E-state index contributed by atoms with van der Waals surface area (Å²) >= 11 is 0. The van der Waals surface area contributed by atoms with E-state index in [4.69, 9.17) is 9.47 Å². The molecule has 6 heteroatoms. The normalized spacial score (nSPS) is 10.6. The van der Waals surface area contributed by atoms with Crippen LogP contribution >= 0.6 is 0 Å². The van der Waals surface area contributed by atoms with Gasteiger partial charge in [0, 0.05) is 13.0 Å². The third-order valence-electron chi connectivity index (χ3n) is 2.52. The highest BCUT2D eigenvalue weighted by atomic mass is 16.5. The summed E-state index contributed by atoms with van der Waals surface area (Å²) < 4.78 is 10.5. The van der Waals surface area contributed by atoms with Crippen LogP contribution in [-0.2, 0) is 14.3 Å². The molecule has 0 heterocycles. The molecule has 0 aliphatic carbocycles. The van der Waals surface area contributed by atoms with Gasteiger partial charge < -0.3 is 20.1 Å². The van der Waals surface area contributed by atoms with Crippen molar-refractivity contribution >= 4 is 5.91 Å². The molecule has 19 heavy (non-hydrogen) atoms. The first kappa shape index (κ1) is 18.3. The summed E-state index contributed by atoms with van der Waals surface area (Å²) in [7, 11) is 3.77. The van der Waals surface area contributed by atoms with Crippen molar-refractivity contribution in [2.75, 3.05) is 53.7 Å². The van der Waals surface area contributed by atoms with Crippen molar-refractivity contribution in [3.63, 3.8) is 0 Å². The van der Waals surface area contributed by atoms with E-state index in [1.807, 2.05) is 14.1 Å². The van der Waals surface area contributed by atoms with Crippen LogP contribution in [0.15, 0.2) is 0 Å². The van der Waals surface area contributed by atoms with Gasteiger partial charge in [-0.25, -0.2) is 0 Å². The minimum absolute atomic E-state index is 0.111. The number of hydrogen-bond donors (Lipinski definition) is 3. The van der Waals surface area contributed by atoms with Gasteiger partial charge in [0.25, 0.3) is 0 Å². The van der Waals surface area contributed by atoms with Crippen molar-refractivity contribution in [2.45, 2.75) is 25.7 Å². The molecule has 0 saturated carbocycles. The van der Waals surface area contributed by atoms with Crippen LogP contribution in [0.3, 0.4) is 0 Å². The first-order valence-electron chi connectivity index (χ1n) is 7.02. The van der Waals surface area contributed by atoms with E-state index in [0.29, 0.717) is 39.5 Å². The number of ether oxygens (including phenoxy) is 2. The first-order valence-corrected chi connectivity index (χ1v) is 7.02. The van der Waals surface area contributed by atoms with Crippen LogP contribution in [0.25, 0.3) is 0 Å². The summed E-state index contributed by atoms with van der Waals surface area (Å²) in [4.78, 5) is 11.4. The lowest BCUT2D eigenvalue weighted by atomic mass is 10.2. The van der Waals surface area contributed by atoms with Crippen molar-refractivity contribution in [2.24, 2.45) is 0 Å². The number of carbonyl (C=O) groups excluding carboxylic acids is 1. The molecule has 0 unspecified atom stereocenters. The summed E-state index contributed by atoms with van der Waals surface area (Å²) in [6, 6.07) is 0. The summed E-state index contributed by atoms with van der Waals surface area (Å²) in [5.41, 5.74) is 0. The topological polar surface area (TPSA) is 71.6 Å². The Morgan fingerprint density at radius 3 is 2.42 bits per heavy atom. The fourth-order valence-electron chi connectivity index (χ4n) is 1.51. The highest BCUT2D eigenvalue weighted by Gasteiger charge is 2.00. The number of unbranched alkanes of at least 4 members (excludes halogenated alkanes) is 2. The highest BCUT2D eigenvalue weighted by Crippen LogP contribution is 1.98. The predicted molar refractivity (Wildman–Crippen MR) is 76.1 cm³/mol. The molecular weight excluding hydrogens is 246 g/mol. The van der Waals surface area contributed by atoms with Gasteiger partial charge in [-0.3, -0.25) is 10.1 Å². The van der Waals surface area contributed by atoms with Gasteiger partial charge in [0.1, 0.15) is 0 Å². The van der Waals surface area contributed by atoms with Gasteiger partial charge in [0.15, 0.2) is 0 Å². The Hall–Kier alpha value is -0.690. The summed E-state index contributed by atoms with van der Waals surface area (Å²) in [6.45, 7) is 3.79. The Kier molecular flexibility index (Phi) is 14.8. The lowest BCUT2D eigenvalue weighted by Gasteiger charge is -2.07. The van der Waals surface area contributed by atoms with E-state index in [9.17, 15) is 4.79 Å². The Labute approximate surface area is 116 Å². The van der Waals surface area contributed by atoms with E-state index < -0.39 is 0 Å². The maximum atomic E-state index is 11.4. The van der Waals surface area contributed by atoms with Crippen molar-refractivity contribution in [3.8, 4) is 0 Å². The molecule has 0 aromatic rings. The largest absolute Gasteiger partial charge is 0.377 e.